The van der Waals surface area contributed by atoms with Crippen molar-refractivity contribution in [3.8, 4) is 0 Å². The van der Waals surface area contributed by atoms with Gasteiger partial charge in [0.25, 0.3) is 0 Å². The standard InChI is InChI=1S/C13H26N2O.ClH/c1-3-8-15(9-4-2)13(16)10-11-6-5-7-12(11)14;/h11-12H,3-10,14H2,1-2H3;1H/t11-,12+;/m0./s1. The lowest BCUT2D eigenvalue weighted by molar-refractivity contribution is -0.132. The van der Waals surface area contributed by atoms with Gasteiger partial charge in [-0.15, -0.1) is 12.4 Å². The first-order chi connectivity index (χ1) is 7.69. The van der Waals surface area contributed by atoms with Crippen LogP contribution < -0.4 is 5.73 Å². The molecule has 0 aromatic carbocycles. The van der Waals surface area contributed by atoms with Gasteiger partial charge in [-0.25, -0.2) is 0 Å². The van der Waals surface area contributed by atoms with Crippen LogP contribution >= 0.6 is 12.4 Å². The Labute approximate surface area is 112 Å². The van der Waals surface area contributed by atoms with Crippen molar-refractivity contribution in [2.45, 2.75) is 58.4 Å². The molecule has 0 radical (unpaired) electrons. The molecule has 17 heavy (non-hydrogen) atoms. The van der Waals surface area contributed by atoms with E-state index in [4.69, 9.17) is 5.73 Å². The molecule has 1 amide bonds. The van der Waals surface area contributed by atoms with Gasteiger partial charge in [0.2, 0.25) is 5.91 Å². The lowest BCUT2D eigenvalue weighted by atomic mass is 9.99. The fraction of sp³-hybridized carbons (Fsp3) is 0.923. The Hall–Kier alpha value is -0.280. The van der Waals surface area contributed by atoms with Gasteiger partial charge in [0, 0.05) is 25.6 Å². The summed E-state index contributed by atoms with van der Waals surface area (Å²) in [6.45, 7) is 6.04. The molecule has 0 aromatic rings. The van der Waals surface area contributed by atoms with Crippen LogP contribution in [0.1, 0.15) is 52.4 Å². The molecular weight excluding hydrogens is 236 g/mol. The molecule has 0 aromatic heterocycles. The molecule has 2 atom stereocenters. The molecule has 0 unspecified atom stereocenters. The highest BCUT2D eigenvalue weighted by molar-refractivity contribution is 5.85. The lowest BCUT2D eigenvalue weighted by Gasteiger charge is -2.24. The van der Waals surface area contributed by atoms with Crippen LogP contribution in [0.25, 0.3) is 0 Å². The number of carbonyl (C=O) groups is 1. The van der Waals surface area contributed by atoms with Gasteiger partial charge in [0.15, 0.2) is 0 Å². The van der Waals surface area contributed by atoms with Crippen LogP contribution in [0.5, 0.6) is 0 Å². The van der Waals surface area contributed by atoms with E-state index >= 15 is 0 Å². The van der Waals surface area contributed by atoms with Gasteiger partial charge in [-0.3, -0.25) is 4.79 Å². The number of hydrogen-bond acceptors (Lipinski definition) is 2. The van der Waals surface area contributed by atoms with Crippen LogP contribution in [0, 0.1) is 5.92 Å². The molecule has 3 nitrogen and oxygen atoms in total. The number of nitrogens with two attached hydrogens (primary N) is 1. The second-order valence-corrected chi connectivity index (χ2v) is 4.94. The number of halogens is 1. The van der Waals surface area contributed by atoms with Crippen molar-refractivity contribution in [1.29, 1.82) is 0 Å². The Balaban J connectivity index is 0.00000256. The molecule has 0 spiro atoms. The van der Waals surface area contributed by atoms with Gasteiger partial charge in [0.05, 0.1) is 0 Å². The number of rotatable bonds is 6. The zero-order valence-electron chi connectivity index (χ0n) is 11.2. The highest BCUT2D eigenvalue weighted by atomic mass is 35.5. The summed E-state index contributed by atoms with van der Waals surface area (Å²) in [6, 6.07) is 0.258. The van der Waals surface area contributed by atoms with Gasteiger partial charge in [-0.05, 0) is 31.6 Å². The molecule has 0 heterocycles. The summed E-state index contributed by atoms with van der Waals surface area (Å²) in [6.07, 6.45) is 6.19. The van der Waals surface area contributed by atoms with Crippen molar-refractivity contribution in [2.24, 2.45) is 11.7 Å². The van der Waals surface area contributed by atoms with Crippen LogP contribution in [0.2, 0.25) is 0 Å². The third kappa shape index (κ3) is 5.26. The largest absolute Gasteiger partial charge is 0.343 e. The van der Waals surface area contributed by atoms with E-state index in [1.165, 1.54) is 6.42 Å². The lowest BCUT2D eigenvalue weighted by Crippen LogP contribution is -2.36. The normalized spacial score (nSPS) is 23.2. The van der Waals surface area contributed by atoms with Gasteiger partial charge in [0.1, 0.15) is 0 Å². The first-order valence-electron chi connectivity index (χ1n) is 6.72. The van der Waals surface area contributed by atoms with Crippen LogP contribution in [-0.2, 0) is 4.79 Å². The molecule has 1 fully saturated rings. The highest BCUT2D eigenvalue weighted by Gasteiger charge is 2.27. The molecule has 1 aliphatic carbocycles. The summed E-state index contributed by atoms with van der Waals surface area (Å²) >= 11 is 0. The first-order valence-corrected chi connectivity index (χ1v) is 6.72. The minimum absolute atomic E-state index is 0. The number of amides is 1. The maximum atomic E-state index is 12.1. The second-order valence-electron chi connectivity index (χ2n) is 4.94. The zero-order chi connectivity index (χ0) is 12.0. The predicted octanol–water partition coefficient (Wildman–Crippen LogP) is 2.57. The van der Waals surface area contributed by atoms with E-state index < -0.39 is 0 Å². The van der Waals surface area contributed by atoms with Gasteiger partial charge in [-0.1, -0.05) is 20.3 Å². The third-order valence-corrected chi connectivity index (χ3v) is 3.49. The Morgan fingerprint density at radius 3 is 2.24 bits per heavy atom. The van der Waals surface area contributed by atoms with Crippen molar-refractivity contribution in [2.75, 3.05) is 13.1 Å². The number of hydrogen-bond donors (Lipinski definition) is 1. The summed E-state index contributed by atoms with van der Waals surface area (Å²) in [4.78, 5) is 14.1. The van der Waals surface area contributed by atoms with E-state index in [0.717, 1.165) is 38.8 Å². The van der Waals surface area contributed by atoms with Crippen molar-refractivity contribution >= 4 is 18.3 Å². The maximum Gasteiger partial charge on any atom is 0.222 e. The van der Waals surface area contributed by atoms with Crippen LogP contribution in [0.15, 0.2) is 0 Å². The van der Waals surface area contributed by atoms with E-state index in [2.05, 4.69) is 13.8 Å². The third-order valence-electron chi connectivity index (χ3n) is 3.49. The molecule has 1 aliphatic rings. The summed E-state index contributed by atoms with van der Waals surface area (Å²) < 4.78 is 0. The smallest absolute Gasteiger partial charge is 0.222 e. The Morgan fingerprint density at radius 1 is 1.24 bits per heavy atom. The molecule has 102 valence electrons. The second kappa shape index (κ2) is 8.76. The maximum absolute atomic E-state index is 12.1. The van der Waals surface area contributed by atoms with E-state index in [1.807, 2.05) is 4.90 Å². The van der Waals surface area contributed by atoms with Gasteiger partial charge < -0.3 is 10.6 Å². The minimum Gasteiger partial charge on any atom is -0.343 e. The molecule has 0 aliphatic heterocycles. The number of nitrogens with zero attached hydrogens (tertiary/aromatic N) is 1. The molecule has 2 N–H and O–H groups in total. The van der Waals surface area contributed by atoms with E-state index in [1.54, 1.807) is 0 Å². The molecule has 1 rings (SSSR count). The Morgan fingerprint density at radius 2 is 1.82 bits per heavy atom. The van der Waals surface area contributed by atoms with Crippen LogP contribution in [0.4, 0.5) is 0 Å². The summed E-state index contributed by atoms with van der Waals surface area (Å²) in [5.41, 5.74) is 6.00. The fourth-order valence-electron chi connectivity index (χ4n) is 2.57. The van der Waals surface area contributed by atoms with Crippen molar-refractivity contribution < 1.29 is 4.79 Å². The van der Waals surface area contributed by atoms with E-state index in [9.17, 15) is 4.79 Å². The molecule has 0 bridgehead atoms. The average molecular weight is 263 g/mol. The average Bonchev–Trinajstić information content (AvgIpc) is 2.64. The zero-order valence-corrected chi connectivity index (χ0v) is 12.0. The Bertz CT molecular complexity index is 217. The summed E-state index contributed by atoms with van der Waals surface area (Å²) in [5.74, 6) is 0.745. The Kier molecular flexibility index (Phi) is 8.61. The summed E-state index contributed by atoms with van der Waals surface area (Å²) in [5, 5.41) is 0. The minimum atomic E-state index is 0. The molecule has 1 saturated carbocycles. The SMILES string of the molecule is CCCN(CCC)C(=O)C[C@@H]1CCC[C@H]1N.Cl. The first kappa shape index (κ1) is 16.7. The predicted molar refractivity (Wildman–Crippen MR) is 74.3 cm³/mol. The van der Waals surface area contributed by atoms with Crippen molar-refractivity contribution in [1.82, 2.24) is 4.90 Å². The van der Waals surface area contributed by atoms with E-state index in [-0.39, 0.29) is 18.4 Å². The van der Waals surface area contributed by atoms with Crippen LogP contribution in [0.3, 0.4) is 0 Å². The number of carbonyl (C=O) groups excluding carboxylic acids is 1. The van der Waals surface area contributed by atoms with Crippen molar-refractivity contribution in [3.05, 3.63) is 0 Å². The molecule has 4 heteroatoms. The topological polar surface area (TPSA) is 46.3 Å². The monoisotopic (exact) mass is 262 g/mol. The van der Waals surface area contributed by atoms with Gasteiger partial charge >= 0.3 is 0 Å². The van der Waals surface area contributed by atoms with E-state index in [0.29, 0.717) is 18.2 Å². The van der Waals surface area contributed by atoms with Gasteiger partial charge in [-0.2, -0.15) is 0 Å². The molecular formula is C13H27ClN2O. The highest BCUT2D eigenvalue weighted by Crippen LogP contribution is 2.27. The van der Waals surface area contributed by atoms with Crippen molar-refractivity contribution in [3.63, 3.8) is 0 Å². The van der Waals surface area contributed by atoms with Crippen LogP contribution in [-0.4, -0.2) is 29.9 Å². The molecule has 0 saturated heterocycles. The fourth-order valence-corrected chi connectivity index (χ4v) is 2.57. The summed E-state index contributed by atoms with van der Waals surface area (Å²) in [7, 11) is 0. The quantitative estimate of drug-likeness (QED) is 0.800.